The predicted molar refractivity (Wildman–Crippen MR) is 56.3 cm³/mol. The van der Waals surface area contributed by atoms with Crippen LogP contribution in [0.1, 0.15) is 46.0 Å². The first-order chi connectivity index (χ1) is 7.26. The van der Waals surface area contributed by atoms with Gasteiger partial charge in [0.05, 0.1) is 6.61 Å². The van der Waals surface area contributed by atoms with Gasteiger partial charge in [-0.2, -0.15) is 0 Å². The first kappa shape index (κ1) is 13.9. The van der Waals surface area contributed by atoms with E-state index in [1.807, 2.05) is 6.92 Å². The Morgan fingerprint density at radius 3 is 2.53 bits per heavy atom. The lowest BCUT2D eigenvalue weighted by Gasteiger charge is -2.13. The first-order valence-electron chi connectivity index (χ1n) is 5.52. The highest BCUT2D eigenvalue weighted by molar-refractivity contribution is 5.75. The Hall–Kier alpha value is -1.06. The molecule has 0 radical (unpaired) electrons. The molecule has 0 aromatic rings. The van der Waals surface area contributed by atoms with E-state index in [1.165, 1.54) is 0 Å². The lowest BCUT2D eigenvalue weighted by molar-refractivity contribution is -0.162. The molecule has 0 N–H and O–H groups in total. The number of carbonyl (C=O) groups is 2. The van der Waals surface area contributed by atoms with Crippen LogP contribution in [0.25, 0.3) is 0 Å². The Bertz CT molecular complexity index is 179. The van der Waals surface area contributed by atoms with Crippen molar-refractivity contribution in [3.8, 4) is 0 Å². The van der Waals surface area contributed by atoms with Gasteiger partial charge in [0.25, 0.3) is 6.47 Å². The van der Waals surface area contributed by atoms with Crippen LogP contribution in [0.3, 0.4) is 0 Å². The summed E-state index contributed by atoms with van der Waals surface area (Å²) in [5.41, 5.74) is 0. The van der Waals surface area contributed by atoms with Crippen molar-refractivity contribution in [1.29, 1.82) is 0 Å². The van der Waals surface area contributed by atoms with Crippen molar-refractivity contribution in [1.82, 2.24) is 0 Å². The number of ether oxygens (including phenoxy) is 2. The van der Waals surface area contributed by atoms with Crippen molar-refractivity contribution in [2.24, 2.45) is 0 Å². The summed E-state index contributed by atoms with van der Waals surface area (Å²) in [4.78, 5) is 21.5. The normalized spacial score (nSPS) is 11.9. The van der Waals surface area contributed by atoms with Gasteiger partial charge in [-0.05, 0) is 12.8 Å². The summed E-state index contributed by atoms with van der Waals surface area (Å²) in [6.45, 7) is 4.71. The van der Waals surface area contributed by atoms with Crippen LogP contribution in [-0.4, -0.2) is 25.2 Å². The van der Waals surface area contributed by atoms with Crippen LogP contribution in [0, 0.1) is 0 Å². The van der Waals surface area contributed by atoms with Gasteiger partial charge in [-0.25, -0.2) is 4.79 Å². The monoisotopic (exact) mass is 216 g/mol. The number of hydrogen-bond acceptors (Lipinski definition) is 4. The van der Waals surface area contributed by atoms with Gasteiger partial charge in [0.2, 0.25) is 0 Å². The molecule has 0 aliphatic rings. The van der Waals surface area contributed by atoms with Crippen molar-refractivity contribution in [2.45, 2.75) is 52.1 Å². The number of rotatable bonds is 9. The average Bonchev–Trinajstić information content (AvgIpc) is 2.24. The third kappa shape index (κ3) is 6.94. The molecule has 0 aromatic carbocycles. The molecule has 88 valence electrons. The van der Waals surface area contributed by atoms with Gasteiger partial charge >= 0.3 is 5.97 Å². The van der Waals surface area contributed by atoms with Crippen LogP contribution in [0.15, 0.2) is 0 Å². The lowest BCUT2D eigenvalue weighted by atomic mass is 10.2. The lowest BCUT2D eigenvalue weighted by Crippen LogP contribution is -2.26. The maximum absolute atomic E-state index is 11.4. The zero-order valence-corrected chi connectivity index (χ0v) is 9.53. The third-order valence-electron chi connectivity index (χ3n) is 2.03. The standard InChI is InChI=1S/C11H20O4/c1-3-5-6-8-14-11(13)10(7-4-2)15-9-12/h9-10H,3-8H2,1-2H3. The number of esters is 1. The molecule has 0 fully saturated rings. The second-order valence-electron chi connectivity index (χ2n) is 3.38. The van der Waals surface area contributed by atoms with E-state index in [2.05, 4.69) is 11.7 Å². The summed E-state index contributed by atoms with van der Waals surface area (Å²) >= 11 is 0. The summed E-state index contributed by atoms with van der Waals surface area (Å²) < 4.78 is 9.63. The average molecular weight is 216 g/mol. The third-order valence-corrected chi connectivity index (χ3v) is 2.03. The van der Waals surface area contributed by atoms with Gasteiger partial charge in [-0.3, -0.25) is 4.79 Å². The molecule has 1 atom stereocenters. The Balaban J connectivity index is 3.75. The van der Waals surface area contributed by atoms with E-state index in [-0.39, 0.29) is 0 Å². The van der Waals surface area contributed by atoms with Gasteiger partial charge in [0.1, 0.15) is 0 Å². The van der Waals surface area contributed by atoms with Gasteiger partial charge in [-0.1, -0.05) is 33.1 Å². The highest BCUT2D eigenvalue weighted by Crippen LogP contribution is 2.04. The number of unbranched alkanes of at least 4 members (excludes halogenated alkanes) is 2. The summed E-state index contributed by atoms with van der Waals surface area (Å²) in [6, 6.07) is 0. The van der Waals surface area contributed by atoms with Crippen LogP contribution < -0.4 is 0 Å². The molecule has 0 rings (SSSR count). The Morgan fingerprint density at radius 2 is 2.00 bits per heavy atom. The maximum Gasteiger partial charge on any atom is 0.347 e. The molecular formula is C11H20O4. The number of carbonyl (C=O) groups excluding carboxylic acids is 2. The van der Waals surface area contributed by atoms with Gasteiger partial charge in [0, 0.05) is 0 Å². The SMILES string of the molecule is CCCCCOC(=O)C(CCC)OC=O. The minimum Gasteiger partial charge on any atom is -0.463 e. The Morgan fingerprint density at radius 1 is 1.27 bits per heavy atom. The molecule has 0 aliphatic carbocycles. The molecule has 0 amide bonds. The Kier molecular flexibility index (Phi) is 8.82. The van der Waals surface area contributed by atoms with Crippen LogP contribution in [0.5, 0.6) is 0 Å². The second-order valence-corrected chi connectivity index (χ2v) is 3.38. The van der Waals surface area contributed by atoms with E-state index in [0.717, 1.165) is 25.7 Å². The number of hydrogen-bond donors (Lipinski definition) is 0. The zero-order valence-electron chi connectivity index (χ0n) is 9.53. The quantitative estimate of drug-likeness (QED) is 0.336. The Labute approximate surface area is 90.9 Å². The molecule has 0 heterocycles. The molecule has 0 saturated carbocycles. The van der Waals surface area contributed by atoms with Crippen LogP contribution >= 0.6 is 0 Å². The van der Waals surface area contributed by atoms with Crippen LogP contribution in [-0.2, 0) is 19.1 Å². The fraction of sp³-hybridized carbons (Fsp3) is 0.818. The minimum atomic E-state index is -0.728. The minimum absolute atomic E-state index is 0.299. The van der Waals surface area contributed by atoms with Crippen LogP contribution in [0.4, 0.5) is 0 Å². The smallest absolute Gasteiger partial charge is 0.347 e. The summed E-state index contributed by atoms with van der Waals surface area (Å²) in [7, 11) is 0. The van der Waals surface area contributed by atoms with Gasteiger partial charge < -0.3 is 9.47 Å². The fourth-order valence-corrected chi connectivity index (χ4v) is 1.19. The maximum atomic E-state index is 11.4. The largest absolute Gasteiger partial charge is 0.463 e. The van der Waals surface area contributed by atoms with Crippen molar-refractivity contribution >= 4 is 12.4 Å². The zero-order chi connectivity index (χ0) is 11.5. The van der Waals surface area contributed by atoms with E-state index in [0.29, 0.717) is 19.5 Å². The van der Waals surface area contributed by atoms with Gasteiger partial charge in [-0.15, -0.1) is 0 Å². The molecule has 0 spiro atoms. The molecule has 0 bridgehead atoms. The van der Waals surface area contributed by atoms with E-state index >= 15 is 0 Å². The van der Waals surface area contributed by atoms with Crippen molar-refractivity contribution in [3.63, 3.8) is 0 Å². The first-order valence-corrected chi connectivity index (χ1v) is 5.52. The molecule has 1 unspecified atom stereocenters. The molecular weight excluding hydrogens is 196 g/mol. The van der Waals surface area contributed by atoms with E-state index in [1.54, 1.807) is 0 Å². The topological polar surface area (TPSA) is 52.6 Å². The molecule has 4 nitrogen and oxygen atoms in total. The molecule has 15 heavy (non-hydrogen) atoms. The molecule has 0 aliphatic heterocycles. The molecule has 4 heteroatoms. The van der Waals surface area contributed by atoms with Crippen LogP contribution in [0.2, 0.25) is 0 Å². The predicted octanol–water partition coefficient (Wildman–Crippen LogP) is 2.06. The fourth-order valence-electron chi connectivity index (χ4n) is 1.19. The highest BCUT2D eigenvalue weighted by atomic mass is 16.6. The van der Waals surface area contributed by atoms with E-state index in [4.69, 9.17) is 4.74 Å². The second kappa shape index (κ2) is 9.49. The summed E-state index contributed by atoms with van der Waals surface area (Å²) in [5.74, 6) is -0.431. The van der Waals surface area contributed by atoms with Crippen molar-refractivity contribution in [2.75, 3.05) is 6.61 Å². The van der Waals surface area contributed by atoms with Crippen molar-refractivity contribution in [3.05, 3.63) is 0 Å². The summed E-state index contributed by atoms with van der Waals surface area (Å²) in [6.07, 6.45) is 3.56. The summed E-state index contributed by atoms with van der Waals surface area (Å²) in [5, 5.41) is 0. The van der Waals surface area contributed by atoms with E-state index < -0.39 is 12.1 Å². The van der Waals surface area contributed by atoms with E-state index in [9.17, 15) is 9.59 Å². The highest BCUT2D eigenvalue weighted by Gasteiger charge is 2.19. The van der Waals surface area contributed by atoms with Gasteiger partial charge in [0.15, 0.2) is 6.10 Å². The van der Waals surface area contributed by atoms with Crippen molar-refractivity contribution < 1.29 is 19.1 Å². The molecule has 0 aromatic heterocycles. The molecule has 0 saturated heterocycles.